The second kappa shape index (κ2) is 5.85. The summed E-state index contributed by atoms with van der Waals surface area (Å²) in [6.07, 6.45) is 5.45. The second-order valence-electron chi connectivity index (χ2n) is 5.80. The van der Waals surface area contributed by atoms with E-state index in [1.54, 1.807) is 5.56 Å². The Morgan fingerprint density at radius 1 is 1.06 bits per heavy atom. The summed E-state index contributed by atoms with van der Waals surface area (Å²) in [5.41, 5.74) is 3.10. The first-order chi connectivity index (χ1) is 8.93. The normalized spacial score (nSPS) is 21.1. The number of hydrogen-bond acceptors (Lipinski definition) is 2. The molecule has 2 heteroatoms. The molecule has 98 valence electrons. The molecule has 1 aliphatic heterocycles. The summed E-state index contributed by atoms with van der Waals surface area (Å²) in [6, 6.07) is 9.02. The van der Waals surface area contributed by atoms with Gasteiger partial charge in [0.05, 0.1) is 0 Å². The summed E-state index contributed by atoms with van der Waals surface area (Å²) in [5.74, 6) is 1.74. The number of hydrogen-bond donors (Lipinski definition) is 2. The molecule has 1 heterocycles. The van der Waals surface area contributed by atoms with Gasteiger partial charge in [-0.2, -0.15) is 0 Å². The Kier molecular flexibility index (Phi) is 3.96. The Labute approximate surface area is 110 Å². The number of benzene rings is 1. The molecule has 0 radical (unpaired) electrons. The lowest BCUT2D eigenvalue weighted by Crippen LogP contribution is -2.27. The maximum Gasteiger partial charge on any atom is 0.0208 e. The Hall–Kier alpha value is -0.860. The zero-order valence-electron chi connectivity index (χ0n) is 11.1. The van der Waals surface area contributed by atoms with Crippen molar-refractivity contribution in [3.05, 3.63) is 35.4 Å². The van der Waals surface area contributed by atoms with Crippen molar-refractivity contribution in [2.45, 2.75) is 38.1 Å². The van der Waals surface area contributed by atoms with Gasteiger partial charge >= 0.3 is 0 Å². The van der Waals surface area contributed by atoms with Crippen LogP contribution in [0, 0.1) is 5.92 Å². The fourth-order valence-corrected chi connectivity index (χ4v) is 2.96. The van der Waals surface area contributed by atoms with Crippen LogP contribution < -0.4 is 10.6 Å². The van der Waals surface area contributed by atoms with Crippen molar-refractivity contribution in [2.24, 2.45) is 5.92 Å². The zero-order valence-corrected chi connectivity index (χ0v) is 11.1. The molecule has 1 aromatic carbocycles. The van der Waals surface area contributed by atoms with Crippen LogP contribution in [0.15, 0.2) is 24.3 Å². The van der Waals surface area contributed by atoms with Crippen molar-refractivity contribution in [3.8, 4) is 0 Å². The van der Waals surface area contributed by atoms with Crippen LogP contribution in [0.5, 0.6) is 0 Å². The first kappa shape index (κ1) is 12.2. The third kappa shape index (κ3) is 3.12. The fourth-order valence-electron chi connectivity index (χ4n) is 2.96. The summed E-state index contributed by atoms with van der Waals surface area (Å²) in [7, 11) is 0. The van der Waals surface area contributed by atoms with Crippen molar-refractivity contribution in [1.29, 1.82) is 0 Å². The minimum absolute atomic E-state index is 0.769. The molecule has 0 bridgehead atoms. The molecule has 1 saturated heterocycles. The Morgan fingerprint density at radius 2 is 1.83 bits per heavy atom. The Balaban J connectivity index is 1.63. The molecule has 2 fully saturated rings. The van der Waals surface area contributed by atoms with Crippen molar-refractivity contribution < 1.29 is 0 Å². The van der Waals surface area contributed by atoms with E-state index in [1.165, 1.54) is 50.9 Å². The topological polar surface area (TPSA) is 24.1 Å². The summed E-state index contributed by atoms with van der Waals surface area (Å²) in [6.45, 7) is 4.61. The molecule has 1 saturated carbocycles. The number of piperidine rings is 1. The first-order valence-electron chi connectivity index (χ1n) is 7.43. The smallest absolute Gasteiger partial charge is 0.0208 e. The largest absolute Gasteiger partial charge is 0.317 e. The van der Waals surface area contributed by atoms with Gasteiger partial charge in [-0.15, -0.1) is 0 Å². The van der Waals surface area contributed by atoms with Crippen LogP contribution in [0.3, 0.4) is 0 Å². The van der Waals surface area contributed by atoms with E-state index in [0.29, 0.717) is 0 Å². The van der Waals surface area contributed by atoms with E-state index in [9.17, 15) is 0 Å². The van der Waals surface area contributed by atoms with E-state index in [0.717, 1.165) is 18.4 Å². The fraction of sp³-hybridized carbons (Fsp3) is 0.625. The van der Waals surface area contributed by atoms with Gasteiger partial charge in [-0.25, -0.2) is 0 Å². The van der Waals surface area contributed by atoms with Gasteiger partial charge in [0.1, 0.15) is 0 Å². The third-order valence-corrected chi connectivity index (χ3v) is 4.28. The minimum Gasteiger partial charge on any atom is -0.317 e. The third-order valence-electron chi connectivity index (χ3n) is 4.28. The molecule has 0 unspecified atom stereocenters. The van der Waals surface area contributed by atoms with E-state index in [1.807, 2.05) is 0 Å². The van der Waals surface area contributed by atoms with Gasteiger partial charge in [0.25, 0.3) is 0 Å². The Morgan fingerprint density at radius 3 is 2.61 bits per heavy atom. The quantitative estimate of drug-likeness (QED) is 0.832. The molecule has 0 spiro atoms. The SMILES string of the molecule is c1ccc(C2CCNCC2)c(CNCC2CC2)c1. The van der Waals surface area contributed by atoms with Gasteiger partial charge < -0.3 is 10.6 Å². The van der Waals surface area contributed by atoms with Crippen molar-refractivity contribution >= 4 is 0 Å². The molecule has 0 atom stereocenters. The molecular weight excluding hydrogens is 220 g/mol. The van der Waals surface area contributed by atoms with Crippen LogP contribution in [0.4, 0.5) is 0 Å². The summed E-state index contributed by atoms with van der Waals surface area (Å²) >= 11 is 0. The first-order valence-corrected chi connectivity index (χ1v) is 7.43. The molecule has 2 N–H and O–H groups in total. The summed E-state index contributed by atoms with van der Waals surface area (Å²) < 4.78 is 0. The second-order valence-corrected chi connectivity index (χ2v) is 5.80. The molecule has 18 heavy (non-hydrogen) atoms. The average Bonchev–Trinajstić information content (AvgIpc) is 3.25. The average molecular weight is 244 g/mol. The van der Waals surface area contributed by atoms with Gasteiger partial charge in [0.2, 0.25) is 0 Å². The van der Waals surface area contributed by atoms with Crippen LogP contribution in [0.1, 0.15) is 42.7 Å². The summed E-state index contributed by atoms with van der Waals surface area (Å²) in [4.78, 5) is 0. The molecule has 1 aliphatic carbocycles. The van der Waals surface area contributed by atoms with Gasteiger partial charge in [0, 0.05) is 6.54 Å². The van der Waals surface area contributed by atoms with Crippen LogP contribution >= 0.6 is 0 Å². The van der Waals surface area contributed by atoms with E-state index < -0.39 is 0 Å². The van der Waals surface area contributed by atoms with Gasteiger partial charge in [-0.3, -0.25) is 0 Å². The molecule has 0 aromatic heterocycles. The highest BCUT2D eigenvalue weighted by molar-refractivity contribution is 5.30. The molecule has 2 nitrogen and oxygen atoms in total. The highest BCUT2D eigenvalue weighted by Crippen LogP contribution is 2.29. The van der Waals surface area contributed by atoms with Crippen LogP contribution in [-0.2, 0) is 6.54 Å². The van der Waals surface area contributed by atoms with E-state index in [-0.39, 0.29) is 0 Å². The van der Waals surface area contributed by atoms with E-state index in [2.05, 4.69) is 34.9 Å². The van der Waals surface area contributed by atoms with E-state index in [4.69, 9.17) is 0 Å². The lowest BCUT2D eigenvalue weighted by molar-refractivity contribution is 0.457. The molecule has 0 amide bonds. The lowest BCUT2D eigenvalue weighted by Gasteiger charge is -2.25. The van der Waals surface area contributed by atoms with E-state index >= 15 is 0 Å². The van der Waals surface area contributed by atoms with Gasteiger partial charge in [0.15, 0.2) is 0 Å². The molecule has 1 aromatic rings. The van der Waals surface area contributed by atoms with Crippen molar-refractivity contribution in [3.63, 3.8) is 0 Å². The monoisotopic (exact) mass is 244 g/mol. The number of rotatable bonds is 5. The standard InChI is InChI=1S/C16H24N2/c1-2-4-16(14-7-9-17-10-8-14)15(3-1)12-18-11-13-5-6-13/h1-4,13-14,17-18H,5-12H2. The zero-order chi connectivity index (χ0) is 12.2. The molecule has 2 aliphatic rings. The van der Waals surface area contributed by atoms with Crippen LogP contribution in [-0.4, -0.2) is 19.6 Å². The van der Waals surface area contributed by atoms with Crippen molar-refractivity contribution in [2.75, 3.05) is 19.6 Å². The molecule has 3 rings (SSSR count). The maximum atomic E-state index is 3.63. The highest BCUT2D eigenvalue weighted by Gasteiger charge is 2.21. The molecular formula is C16H24N2. The highest BCUT2D eigenvalue weighted by atomic mass is 14.9. The van der Waals surface area contributed by atoms with Crippen LogP contribution in [0.25, 0.3) is 0 Å². The van der Waals surface area contributed by atoms with Gasteiger partial charge in [-0.1, -0.05) is 24.3 Å². The van der Waals surface area contributed by atoms with Crippen molar-refractivity contribution in [1.82, 2.24) is 10.6 Å². The number of nitrogens with one attached hydrogen (secondary N) is 2. The predicted octanol–water partition coefficient (Wildman–Crippen LogP) is 2.65. The predicted molar refractivity (Wildman–Crippen MR) is 75.7 cm³/mol. The Bertz CT molecular complexity index is 378. The minimum atomic E-state index is 0.769. The van der Waals surface area contributed by atoms with Crippen LogP contribution in [0.2, 0.25) is 0 Å². The lowest BCUT2D eigenvalue weighted by atomic mass is 9.87. The van der Waals surface area contributed by atoms with Gasteiger partial charge in [-0.05, 0) is 68.3 Å². The summed E-state index contributed by atoms with van der Waals surface area (Å²) in [5, 5.41) is 7.08. The maximum absolute atomic E-state index is 3.63.